The second kappa shape index (κ2) is 13.8. The van der Waals surface area contributed by atoms with Gasteiger partial charge in [-0.25, -0.2) is 9.78 Å². The Kier molecular flexibility index (Phi) is 10.4. The number of carbonyl (C=O) groups excluding carboxylic acids is 2. The van der Waals surface area contributed by atoms with Gasteiger partial charge in [-0.05, 0) is 81.2 Å². The van der Waals surface area contributed by atoms with Crippen LogP contribution in [0, 0.1) is 11.8 Å². The summed E-state index contributed by atoms with van der Waals surface area (Å²) >= 11 is 6.75. The van der Waals surface area contributed by atoms with E-state index in [0.717, 1.165) is 49.7 Å². The predicted octanol–water partition coefficient (Wildman–Crippen LogP) is 4.91. The first-order valence-electron chi connectivity index (χ1n) is 14.5. The molecule has 1 saturated heterocycles. The lowest BCUT2D eigenvalue weighted by atomic mass is 9.72. The Labute approximate surface area is 242 Å². The summed E-state index contributed by atoms with van der Waals surface area (Å²) in [4.78, 5) is 31.6. The normalized spacial score (nSPS) is 22.5. The fourth-order valence-electron chi connectivity index (χ4n) is 6.49. The van der Waals surface area contributed by atoms with Crippen molar-refractivity contribution in [1.29, 1.82) is 0 Å². The standard InChI is InChI=1S/C31H43ClN4O4/c1-4-21-8-5-9-22(18-21)27-26(13-16-34-28(27)32)31(39,14-7-15-35-30(38)40-3)24-10-6-17-36(20-24)29(37)23-11-12-25(19-23)33-2/h5,8-9,13,16,18,23-25,33,39H,4,6-7,10-12,14-15,17,19-20H2,1-3H3,(H,35,38). The fourth-order valence-corrected chi connectivity index (χ4v) is 6.76. The highest BCUT2D eigenvalue weighted by Gasteiger charge is 2.44. The maximum absolute atomic E-state index is 13.6. The molecule has 4 rings (SSSR count). The van der Waals surface area contributed by atoms with Gasteiger partial charge in [0.05, 0.1) is 12.7 Å². The number of pyridine rings is 1. The van der Waals surface area contributed by atoms with E-state index in [1.807, 2.05) is 30.1 Å². The molecule has 1 saturated carbocycles. The number of aromatic nitrogens is 1. The lowest BCUT2D eigenvalue weighted by Crippen LogP contribution is -2.49. The SMILES string of the molecule is CCc1cccc(-c2c(C(O)(CCCNC(=O)OC)C3CCCN(C(=O)C4CCC(NC)C4)C3)ccnc2Cl)c1. The van der Waals surface area contributed by atoms with E-state index >= 15 is 0 Å². The van der Waals surface area contributed by atoms with Crippen molar-refractivity contribution in [2.24, 2.45) is 11.8 Å². The number of methoxy groups -OCH3 is 1. The van der Waals surface area contributed by atoms with E-state index in [4.69, 9.17) is 16.3 Å². The average Bonchev–Trinajstić information content (AvgIpc) is 3.48. The second-order valence-corrected chi connectivity index (χ2v) is 11.5. The molecule has 2 fully saturated rings. The summed E-state index contributed by atoms with van der Waals surface area (Å²) in [5.74, 6) is 0.0217. The number of nitrogens with one attached hydrogen (secondary N) is 2. The molecule has 9 heteroatoms. The van der Waals surface area contributed by atoms with Crippen molar-refractivity contribution in [3.05, 3.63) is 52.8 Å². The van der Waals surface area contributed by atoms with E-state index in [9.17, 15) is 14.7 Å². The molecule has 2 heterocycles. The number of amides is 2. The van der Waals surface area contributed by atoms with Crippen LogP contribution < -0.4 is 10.6 Å². The first kappa shape index (κ1) is 30.3. The van der Waals surface area contributed by atoms with Crippen LogP contribution in [0.2, 0.25) is 5.15 Å². The maximum atomic E-state index is 13.6. The van der Waals surface area contributed by atoms with Crippen LogP contribution in [-0.4, -0.2) is 66.8 Å². The maximum Gasteiger partial charge on any atom is 0.406 e. The molecule has 1 aromatic carbocycles. The highest BCUT2D eigenvalue weighted by molar-refractivity contribution is 6.32. The predicted molar refractivity (Wildman–Crippen MR) is 157 cm³/mol. The number of benzene rings is 1. The van der Waals surface area contributed by atoms with Gasteiger partial charge in [0, 0.05) is 49.3 Å². The quantitative estimate of drug-likeness (QED) is 0.277. The van der Waals surface area contributed by atoms with Crippen LogP contribution >= 0.6 is 11.6 Å². The van der Waals surface area contributed by atoms with Crippen molar-refractivity contribution in [2.75, 3.05) is 33.8 Å². The van der Waals surface area contributed by atoms with Crippen molar-refractivity contribution < 1.29 is 19.4 Å². The molecule has 1 aromatic heterocycles. The van der Waals surface area contributed by atoms with Gasteiger partial charge < -0.3 is 25.4 Å². The summed E-state index contributed by atoms with van der Waals surface area (Å²) in [6, 6.07) is 10.4. The minimum atomic E-state index is -1.29. The second-order valence-electron chi connectivity index (χ2n) is 11.1. The van der Waals surface area contributed by atoms with Crippen LogP contribution in [0.1, 0.15) is 63.0 Å². The molecule has 3 N–H and O–H groups in total. The topological polar surface area (TPSA) is 104 Å². The Bertz CT molecular complexity index is 1180. The van der Waals surface area contributed by atoms with Crippen molar-refractivity contribution in [3.63, 3.8) is 0 Å². The van der Waals surface area contributed by atoms with Crippen LogP contribution in [0.3, 0.4) is 0 Å². The number of alkyl carbamates (subject to hydrolysis) is 1. The largest absolute Gasteiger partial charge is 0.453 e. The number of hydrogen-bond donors (Lipinski definition) is 3. The van der Waals surface area contributed by atoms with Crippen molar-refractivity contribution >= 4 is 23.6 Å². The lowest BCUT2D eigenvalue weighted by Gasteiger charge is -2.44. The molecule has 2 aromatic rings. The van der Waals surface area contributed by atoms with Crippen LogP contribution in [-0.2, 0) is 21.6 Å². The molecule has 218 valence electrons. The van der Waals surface area contributed by atoms with E-state index in [0.29, 0.717) is 49.2 Å². The first-order valence-corrected chi connectivity index (χ1v) is 14.9. The number of piperidine rings is 1. The number of nitrogens with zero attached hydrogens (tertiary/aromatic N) is 2. The first-order chi connectivity index (χ1) is 19.3. The number of carbonyl (C=O) groups is 2. The molecule has 2 aliphatic rings. The smallest absolute Gasteiger partial charge is 0.406 e. The summed E-state index contributed by atoms with van der Waals surface area (Å²) in [5.41, 5.74) is 2.23. The number of ether oxygens (including phenoxy) is 1. The van der Waals surface area contributed by atoms with Gasteiger partial charge >= 0.3 is 6.09 Å². The van der Waals surface area contributed by atoms with Gasteiger partial charge in [-0.1, -0.05) is 42.8 Å². The average molecular weight is 571 g/mol. The van der Waals surface area contributed by atoms with Crippen LogP contribution in [0.4, 0.5) is 4.79 Å². The summed E-state index contributed by atoms with van der Waals surface area (Å²) in [7, 11) is 3.29. The Morgan fingerprint density at radius 3 is 2.80 bits per heavy atom. The highest BCUT2D eigenvalue weighted by Crippen LogP contribution is 2.45. The third-order valence-electron chi connectivity index (χ3n) is 8.78. The van der Waals surface area contributed by atoms with E-state index in [2.05, 4.69) is 34.7 Å². The number of aryl methyl sites for hydroxylation is 1. The van der Waals surface area contributed by atoms with Crippen molar-refractivity contribution in [1.82, 2.24) is 20.5 Å². The van der Waals surface area contributed by atoms with E-state index in [1.54, 1.807) is 6.20 Å². The Morgan fingerprint density at radius 2 is 2.08 bits per heavy atom. The van der Waals surface area contributed by atoms with E-state index < -0.39 is 11.7 Å². The molecule has 0 spiro atoms. The fraction of sp³-hybridized carbons (Fsp3) is 0.581. The van der Waals surface area contributed by atoms with Crippen LogP contribution in [0.5, 0.6) is 0 Å². The van der Waals surface area contributed by atoms with Gasteiger partial charge in [0.1, 0.15) is 5.15 Å². The molecule has 40 heavy (non-hydrogen) atoms. The molecule has 8 nitrogen and oxygen atoms in total. The van der Waals surface area contributed by atoms with Crippen molar-refractivity contribution in [2.45, 2.75) is 69.9 Å². The highest BCUT2D eigenvalue weighted by atomic mass is 35.5. The van der Waals surface area contributed by atoms with Gasteiger partial charge in [-0.3, -0.25) is 4.79 Å². The number of rotatable bonds is 10. The number of likely N-dealkylation sites (tertiary alicyclic amines) is 1. The van der Waals surface area contributed by atoms with Gasteiger partial charge in [0.25, 0.3) is 0 Å². The monoisotopic (exact) mass is 570 g/mol. The molecule has 2 amide bonds. The van der Waals surface area contributed by atoms with Crippen LogP contribution in [0.15, 0.2) is 36.5 Å². The molecular formula is C31H43ClN4O4. The molecule has 4 atom stereocenters. The summed E-state index contributed by atoms with van der Waals surface area (Å²) in [6.45, 7) is 3.65. The summed E-state index contributed by atoms with van der Waals surface area (Å²) in [5, 5.41) is 19.1. The van der Waals surface area contributed by atoms with E-state index in [1.165, 1.54) is 12.7 Å². The van der Waals surface area contributed by atoms with Gasteiger partial charge in [-0.15, -0.1) is 0 Å². The molecule has 0 bridgehead atoms. The third-order valence-corrected chi connectivity index (χ3v) is 9.07. The van der Waals surface area contributed by atoms with Gasteiger partial charge in [0.2, 0.25) is 5.91 Å². The van der Waals surface area contributed by atoms with E-state index in [-0.39, 0.29) is 17.7 Å². The Hall–Kier alpha value is -2.68. The zero-order valence-electron chi connectivity index (χ0n) is 23.9. The molecule has 1 aliphatic heterocycles. The lowest BCUT2D eigenvalue weighted by molar-refractivity contribution is -0.140. The molecule has 0 radical (unpaired) electrons. The Balaban J connectivity index is 1.67. The molecular weight excluding hydrogens is 528 g/mol. The third kappa shape index (κ3) is 6.78. The number of halogens is 1. The zero-order valence-corrected chi connectivity index (χ0v) is 24.7. The van der Waals surface area contributed by atoms with Crippen molar-refractivity contribution in [3.8, 4) is 11.1 Å². The molecule has 1 aliphatic carbocycles. The molecule has 4 unspecified atom stereocenters. The minimum Gasteiger partial charge on any atom is -0.453 e. The number of hydrogen-bond acceptors (Lipinski definition) is 6. The Morgan fingerprint density at radius 1 is 1.25 bits per heavy atom. The zero-order chi connectivity index (χ0) is 28.7. The van der Waals surface area contributed by atoms with Gasteiger partial charge in [-0.2, -0.15) is 0 Å². The van der Waals surface area contributed by atoms with Gasteiger partial charge in [0.15, 0.2) is 0 Å². The summed E-state index contributed by atoms with van der Waals surface area (Å²) < 4.78 is 4.72. The van der Waals surface area contributed by atoms with Crippen LogP contribution in [0.25, 0.3) is 11.1 Å². The minimum absolute atomic E-state index is 0.0243. The summed E-state index contributed by atoms with van der Waals surface area (Å²) in [6.07, 6.45) is 7.29. The number of aliphatic hydroxyl groups is 1.